The van der Waals surface area contributed by atoms with Crippen molar-refractivity contribution in [2.75, 3.05) is 6.61 Å². The number of nitrogens with one attached hydrogen (secondary N) is 1. The van der Waals surface area contributed by atoms with Gasteiger partial charge in [0.25, 0.3) is 0 Å². The minimum Gasteiger partial charge on any atom is -0.395 e. The topological polar surface area (TPSA) is 45.1 Å². The van der Waals surface area contributed by atoms with Gasteiger partial charge in [0, 0.05) is 23.7 Å². The van der Waals surface area contributed by atoms with Crippen molar-refractivity contribution in [3.8, 4) is 0 Å². The summed E-state index contributed by atoms with van der Waals surface area (Å²) in [5.74, 6) is 0. The van der Waals surface area contributed by atoms with Gasteiger partial charge in [0.2, 0.25) is 0 Å². The monoisotopic (exact) mass is 172 g/mol. The lowest BCUT2D eigenvalue weighted by Crippen LogP contribution is -2.28. The van der Waals surface area contributed by atoms with E-state index in [0.717, 1.165) is 6.54 Å². The summed E-state index contributed by atoms with van der Waals surface area (Å²) in [5, 5.41) is 11.8. The van der Waals surface area contributed by atoms with Gasteiger partial charge in [-0.25, -0.2) is 0 Å². The highest BCUT2D eigenvalue weighted by molar-refractivity contribution is 7.09. The Morgan fingerprint density at radius 1 is 1.82 bits per heavy atom. The Hall–Kier alpha value is -0.450. The molecule has 0 saturated carbocycles. The highest BCUT2D eigenvalue weighted by Crippen LogP contribution is 2.04. The average Bonchev–Trinajstić information content (AvgIpc) is 2.52. The van der Waals surface area contributed by atoms with Crippen LogP contribution in [0.15, 0.2) is 11.7 Å². The second-order valence-electron chi connectivity index (χ2n) is 2.43. The number of aliphatic hydroxyl groups is 1. The summed E-state index contributed by atoms with van der Waals surface area (Å²) >= 11 is 1.62. The van der Waals surface area contributed by atoms with Crippen molar-refractivity contribution in [2.24, 2.45) is 0 Å². The van der Waals surface area contributed by atoms with Gasteiger partial charge in [0.1, 0.15) is 0 Å². The summed E-state index contributed by atoms with van der Waals surface area (Å²) in [6.45, 7) is 2.92. The Balaban J connectivity index is 2.23. The Bertz CT molecular complexity index is 188. The van der Waals surface area contributed by atoms with Crippen molar-refractivity contribution < 1.29 is 5.11 Å². The minimum absolute atomic E-state index is 0.164. The maximum atomic E-state index is 8.69. The molecule has 0 aliphatic rings. The molecular weight excluding hydrogens is 160 g/mol. The number of hydrogen-bond donors (Lipinski definition) is 2. The molecule has 0 saturated heterocycles. The third-order valence-corrected chi connectivity index (χ3v) is 2.16. The van der Waals surface area contributed by atoms with Gasteiger partial charge in [-0.1, -0.05) is 0 Å². The molecule has 0 amide bonds. The van der Waals surface area contributed by atoms with Crippen LogP contribution in [0, 0.1) is 0 Å². The molecule has 0 aliphatic carbocycles. The van der Waals surface area contributed by atoms with Crippen molar-refractivity contribution in [1.82, 2.24) is 10.3 Å². The van der Waals surface area contributed by atoms with E-state index in [1.54, 1.807) is 16.8 Å². The van der Waals surface area contributed by atoms with E-state index in [1.165, 1.54) is 4.88 Å². The molecule has 0 bridgehead atoms. The van der Waals surface area contributed by atoms with Gasteiger partial charge in [0.15, 0.2) is 0 Å². The zero-order valence-electron chi connectivity index (χ0n) is 6.45. The highest BCUT2D eigenvalue weighted by atomic mass is 32.1. The Morgan fingerprint density at radius 2 is 2.64 bits per heavy atom. The van der Waals surface area contributed by atoms with Gasteiger partial charge < -0.3 is 10.4 Å². The predicted molar refractivity (Wildman–Crippen MR) is 45.5 cm³/mol. The number of hydrogen-bond acceptors (Lipinski definition) is 4. The molecule has 2 N–H and O–H groups in total. The van der Waals surface area contributed by atoms with Gasteiger partial charge in [0.05, 0.1) is 12.1 Å². The lowest BCUT2D eigenvalue weighted by atomic mass is 10.3. The minimum atomic E-state index is 0.164. The van der Waals surface area contributed by atoms with E-state index >= 15 is 0 Å². The third-order valence-electron chi connectivity index (χ3n) is 1.38. The molecule has 1 heterocycles. The zero-order valence-corrected chi connectivity index (χ0v) is 7.27. The standard InChI is InChI=1S/C7H12N2OS/c1-6(4-10)9-3-7-2-8-5-11-7/h2,5-6,9-10H,3-4H2,1H3/t6-/m1/s1. The van der Waals surface area contributed by atoms with E-state index in [9.17, 15) is 0 Å². The van der Waals surface area contributed by atoms with Crippen LogP contribution < -0.4 is 5.32 Å². The van der Waals surface area contributed by atoms with Crippen LogP contribution in [0.2, 0.25) is 0 Å². The fourth-order valence-corrected chi connectivity index (χ4v) is 1.21. The first-order valence-electron chi connectivity index (χ1n) is 3.54. The van der Waals surface area contributed by atoms with Gasteiger partial charge in [-0.2, -0.15) is 0 Å². The molecule has 62 valence electrons. The second-order valence-corrected chi connectivity index (χ2v) is 3.40. The fraction of sp³-hybridized carbons (Fsp3) is 0.571. The van der Waals surface area contributed by atoms with Crippen molar-refractivity contribution in [2.45, 2.75) is 19.5 Å². The molecule has 0 spiro atoms. The van der Waals surface area contributed by atoms with E-state index < -0.39 is 0 Å². The Kier molecular flexibility index (Phi) is 3.48. The van der Waals surface area contributed by atoms with Crippen LogP contribution in [-0.4, -0.2) is 22.7 Å². The summed E-state index contributed by atoms with van der Waals surface area (Å²) < 4.78 is 0. The molecule has 0 aliphatic heterocycles. The van der Waals surface area contributed by atoms with Crippen LogP contribution in [-0.2, 0) is 6.54 Å². The molecule has 3 nitrogen and oxygen atoms in total. The number of aliphatic hydroxyl groups excluding tert-OH is 1. The lowest BCUT2D eigenvalue weighted by molar-refractivity contribution is 0.251. The van der Waals surface area contributed by atoms with E-state index in [-0.39, 0.29) is 12.6 Å². The molecule has 0 unspecified atom stereocenters. The molecule has 0 aromatic carbocycles. The summed E-state index contributed by atoms with van der Waals surface area (Å²) in [5.41, 5.74) is 1.81. The van der Waals surface area contributed by atoms with E-state index in [1.807, 2.05) is 13.1 Å². The molecule has 0 radical (unpaired) electrons. The van der Waals surface area contributed by atoms with Crippen LogP contribution in [0.5, 0.6) is 0 Å². The quantitative estimate of drug-likeness (QED) is 0.699. The van der Waals surface area contributed by atoms with Gasteiger partial charge in [-0.3, -0.25) is 4.98 Å². The zero-order chi connectivity index (χ0) is 8.10. The molecule has 0 fully saturated rings. The number of aromatic nitrogens is 1. The number of rotatable bonds is 4. The second kappa shape index (κ2) is 4.43. The van der Waals surface area contributed by atoms with Crippen molar-refractivity contribution in [3.63, 3.8) is 0 Å². The number of nitrogens with zero attached hydrogens (tertiary/aromatic N) is 1. The summed E-state index contributed by atoms with van der Waals surface area (Å²) in [7, 11) is 0. The third kappa shape index (κ3) is 2.96. The molecule has 4 heteroatoms. The first-order chi connectivity index (χ1) is 5.33. The molecule has 11 heavy (non-hydrogen) atoms. The summed E-state index contributed by atoms with van der Waals surface area (Å²) in [6, 6.07) is 0.164. The molecule has 1 aromatic heterocycles. The lowest BCUT2D eigenvalue weighted by Gasteiger charge is -2.07. The largest absolute Gasteiger partial charge is 0.395 e. The SMILES string of the molecule is C[C@H](CO)NCc1cncs1. The van der Waals surface area contributed by atoms with Gasteiger partial charge in [-0.15, -0.1) is 11.3 Å². The predicted octanol–water partition coefficient (Wildman–Crippen LogP) is 0.613. The first-order valence-corrected chi connectivity index (χ1v) is 4.42. The van der Waals surface area contributed by atoms with Crippen molar-refractivity contribution in [3.05, 3.63) is 16.6 Å². The first kappa shape index (κ1) is 8.64. The van der Waals surface area contributed by atoms with Gasteiger partial charge >= 0.3 is 0 Å². The average molecular weight is 172 g/mol. The number of thiazole rings is 1. The van der Waals surface area contributed by atoms with E-state index in [0.29, 0.717) is 0 Å². The van der Waals surface area contributed by atoms with Crippen molar-refractivity contribution in [1.29, 1.82) is 0 Å². The summed E-state index contributed by atoms with van der Waals surface area (Å²) in [6.07, 6.45) is 1.84. The summed E-state index contributed by atoms with van der Waals surface area (Å²) in [4.78, 5) is 5.14. The van der Waals surface area contributed by atoms with Crippen LogP contribution in [0.1, 0.15) is 11.8 Å². The van der Waals surface area contributed by atoms with Crippen molar-refractivity contribution >= 4 is 11.3 Å². The highest BCUT2D eigenvalue weighted by Gasteiger charge is 1.98. The van der Waals surface area contributed by atoms with E-state index in [4.69, 9.17) is 5.11 Å². The van der Waals surface area contributed by atoms with Crippen LogP contribution in [0.3, 0.4) is 0 Å². The molecule has 1 aromatic rings. The van der Waals surface area contributed by atoms with Crippen LogP contribution in [0.4, 0.5) is 0 Å². The Labute approximate surface area is 70.1 Å². The van der Waals surface area contributed by atoms with Crippen LogP contribution in [0.25, 0.3) is 0 Å². The normalized spacial score (nSPS) is 13.3. The van der Waals surface area contributed by atoms with E-state index in [2.05, 4.69) is 10.3 Å². The van der Waals surface area contributed by atoms with Crippen LogP contribution >= 0.6 is 11.3 Å². The maximum Gasteiger partial charge on any atom is 0.0794 e. The molecular formula is C7H12N2OS. The molecule has 1 rings (SSSR count). The Morgan fingerprint density at radius 3 is 3.18 bits per heavy atom. The maximum absolute atomic E-state index is 8.69. The smallest absolute Gasteiger partial charge is 0.0794 e. The molecule has 1 atom stereocenters. The van der Waals surface area contributed by atoms with Gasteiger partial charge in [-0.05, 0) is 6.92 Å². The fourth-order valence-electron chi connectivity index (χ4n) is 0.669.